The monoisotopic (exact) mass is 326 g/mol. The third kappa shape index (κ3) is 2.10. The van der Waals surface area contributed by atoms with Gasteiger partial charge in [-0.2, -0.15) is 0 Å². The molecule has 0 aromatic carbocycles. The molecule has 23 heavy (non-hydrogen) atoms. The van der Waals surface area contributed by atoms with Crippen molar-refractivity contribution in [3.8, 4) is 0 Å². The van der Waals surface area contributed by atoms with Crippen molar-refractivity contribution in [2.75, 3.05) is 0 Å². The number of fused-ring (bicyclic) bond motifs is 5. The maximum atomic E-state index is 14.3. The first kappa shape index (κ1) is 16.3. The molecule has 0 aliphatic heterocycles. The van der Waals surface area contributed by atoms with Crippen LogP contribution < -0.4 is 0 Å². The van der Waals surface area contributed by atoms with Crippen LogP contribution in [-0.4, -0.2) is 17.1 Å². The molecule has 1 nitrogen and oxygen atoms in total. The highest BCUT2D eigenvalue weighted by atomic mass is 19.3. The Bertz CT molecular complexity index is 492. The van der Waals surface area contributed by atoms with Gasteiger partial charge in [0.05, 0.1) is 0 Å². The summed E-state index contributed by atoms with van der Waals surface area (Å²) >= 11 is 0. The van der Waals surface area contributed by atoms with E-state index in [1.54, 1.807) is 0 Å². The van der Waals surface area contributed by atoms with Crippen LogP contribution in [-0.2, 0) is 0 Å². The molecular formula is C20H32F2O. The van der Waals surface area contributed by atoms with Crippen LogP contribution in [0.25, 0.3) is 0 Å². The summed E-state index contributed by atoms with van der Waals surface area (Å²) in [6.07, 6.45) is 6.57. The van der Waals surface area contributed by atoms with Crippen molar-refractivity contribution < 1.29 is 13.9 Å². The quantitative estimate of drug-likeness (QED) is 0.643. The fraction of sp³-hybridized carbons (Fsp3) is 1.00. The molecule has 4 saturated carbocycles. The summed E-state index contributed by atoms with van der Waals surface area (Å²) in [5, 5.41) is 10.3. The number of rotatable bonds is 0. The van der Waals surface area contributed by atoms with Gasteiger partial charge in [0, 0.05) is 11.8 Å². The average molecular weight is 326 g/mol. The second kappa shape index (κ2) is 4.93. The van der Waals surface area contributed by atoms with E-state index in [4.69, 9.17) is 0 Å². The summed E-state index contributed by atoms with van der Waals surface area (Å²) in [4.78, 5) is 0. The highest BCUT2D eigenvalue weighted by molar-refractivity contribution is 5.13. The molecule has 8 atom stereocenters. The van der Waals surface area contributed by atoms with Crippen LogP contribution in [0, 0.1) is 40.4 Å². The first-order chi connectivity index (χ1) is 10.7. The lowest BCUT2D eigenvalue weighted by atomic mass is 9.44. The van der Waals surface area contributed by atoms with Crippen molar-refractivity contribution in [3.63, 3.8) is 0 Å². The molecule has 3 heteroatoms. The summed E-state index contributed by atoms with van der Waals surface area (Å²) < 4.78 is 28.5. The zero-order valence-corrected chi connectivity index (χ0v) is 14.8. The van der Waals surface area contributed by atoms with Gasteiger partial charge in [0.2, 0.25) is 0 Å². The van der Waals surface area contributed by atoms with Crippen molar-refractivity contribution >= 4 is 0 Å². The smallest absolute Gasteiger partial charge is 0.274 e. The second-order valence-electron chi connectivity index (χ2n) is 9.95. The Kier molecular flexibility index (Phi) is 3.49. The molecule has 0 heterocycles. The lowest BCUT2D eigenvalue weighted by molar-refractivity contribution is -0.143. The Hall–Kier alpha value is -0.180. The van der Waals surface area contributed by atoms with E-state index in [0.29, 0.717) is 17.3 Å². The van der Waals surface area contributed by atoms with Crippen LogP contribution in [0.4, 0.5) is 8.78 Å². The first-order valence-electron chi connectivity index (χ1n) is 9.74. The Morgan fingerprint density at radius 2 is 1.61 bits per heavy atom. The number of aliphatic hydroxyl groups excluding tert-OH is 1. The lowest BCUT2D eigenvalue weighted by Gasteiger charge is -2.60. The predicted octanol–water partition coefficient (Wildman–Crippen LogP) is 5.27. The summed E-state index contributed by atoms with van der Waals surface area (Å²) in [6.45, 7) is 6.78. The second-order valence-corrected chi connectivity index (χ2v) is 9.95. The number of alkyl halides is 2. The fourth-order valence-electron chi connectivity index (χ4n) is 7.43. The Labute approximate surface area is 139 Å². The van der Waals surface area contributed by atoms with Crippen molar-refractivity contribution in [2.24, 2.45) is 40.4 Å². The maximum Gasteiger partial charge on any atom is 0.274 e. The number of aliphatic hydroxyl groups is 1. The third-order valence-electron chi connectivity index (χ3n) is 8.88. The van der Waals surface area contributed by atoms with Crippen LogP contribution >= 0.6 is 0 Å². The fourth-order valence-corrected chi connectivity index (χ4v) is 7.43. The van der Waals surface area contributed by atoms with Gasteiger partial charge < -0.3 is 5.11 Å². The number of halogens is 2. The molecule has 4 rings (SSSR count). The molecule has 0 aromatic rings. The van der Waals surface area contributed by atoms with Gasteiger partial charge >= 0.3 is 0 Å². The van der Waals surface area contributed by atoms with E-state index in [1.165, 1.54) is 25.7 Å². The van der Waals surface area contributed by atoms with Crippen molar-refractivity contribution in [1.82, 2.24) is 0 Å². The molecule has 0 bridgehead atoms. The maximum absolute atomic E-state index is 14.3. The van der Waals surface area contributed by atoms with Crippen molar-refractivity contribution in [2.45, 2.75) is 84.2 Å². The number of hydrogen-bond donors (Lipinski definition) is 1. The van der Waals surface area contributed by atoms with E-state index >= 15 is 0 Å². The standard InChI is InChI=1S/C20H32F2O/c1-12-6-8-18(2)13(10-12)4-5-14-15(18)7-9-19(3)16(14)11-20(21,22)17(19)23/h12-17,23H,4-11H2,1-3H3/t12?,13?,14-,15-,16+,17?,18+,19+/m1/s1. The van der Waals surface area contributed by atoms with Crippen LogP contribution in [0.3, 0.4) is 0 Å². The average Bonchev–Trinajstić information content (AvgIpc) is 2.68. The van der Waals surface area contributed by atoms with Crippen LogP contribution in [0.2, 0.25) is 0 Å². The van der Waals surface area contributed by atoms with Crippen LogP contribution in [0.5, 0.6) is 0 Å². The summed E-state index contributed by atoms with van der Waals surface area (Å²) in [7, 11) is 0. The van der Waals surface area contributed by atoms with Gasteiger partial charge in [-0.25, -0.2) is 8.78 Å². The Morgan fingerprint density at radius 1 is 0.913 bits per heavy atom. The minimum absolute atomic E-state index is 0.0170. The molecule has 3 unspecified atom stereocenters. The first-order valence-corrected chi connectivity index (χ1v) is 9.74. The summed E-state index contributed by atoms with van der Waals surface area (Å²) in [5.41, 5.74) is -0.199. The van der Waals surface area contributed by atoms with E-state index in [-0.39, 0.29) is 12.3 Å². The van der Waals surface area contributed by atoms with Crippen LogP contribution in [0.1, 0.15) is 72.1 Å². The molecule has 0 aromatic heterocycles. The van der Waals surface area contributed by atoms with E-state index in [9.17, 15) is 13.9 Å². The minimum Gasteiger partial charge on any atom is -0.386 e. The van der Waals surface area contributed by atoms with Crippen molar-refractivity contribution in [3.05, 3.63) is 0 Å². The lowest BCUT2D eigenvalue weighted by Crippen LogP contribution is -2.54. The summed E-state index contributed by atoms with van der Waals surface area (Å²) in [5.74, 6) is -0.227. The normalized spacial score (nSPS) is 58.2. The van der Waals surface area contributed by atoms with Gasteiger partial charge in [-0.1, -0.05) is 27.2 Å². The molecular weight excluding hydrogens is 294 g/mol. The van der Waals surface area contributed by atoms with E-state index in [1.807, 2.05) is 6.92 Å². The van der Waals surface area contributed by atoms with Gasteiger partial charge in [0.1, 0.15) is 6.10 Å². The van der Waals surface area contributed by atoms with Gasteiger partial charge in [0.15, 0.2) is 0 Å². The molecule has 0 saturated heterocycles. The topological polar surface area (TPSA) is 20.2 Å². The highest BCUT2D eigenvalue weighted by Gasteiger charge is 2.67. The zero-order valence-electron chi connectivity index (χ0n) is 14.8. The molecule has 0 amide bonds. The molecule has 4 aliphatic rings. The molecule has 0 radical (unpaired) electrons. The Morgan fingerprint density at radius 3 is 2.35 bits per heavy atom. The van der Waals surface area contributed by atoms with Crippen molar-refractivity contribution in [1.29, 1.82) is 0 Å². The minimum atomic E-state index is -2.88. The predicted molar refractivity (Wildman–Crippen MR) is 87.2 cm³/mol. The van der Waals surface area contributed by atoms with Gasteiger partial charge in [-0.3, -0.25) is 0 Å². The van der Waals surface area contributed by atoms with Gasteiger partial charge in [-0.15, -0.1) is 0 Å². The van der Waals surface area contributed by atoms with Crippen LogP contribution in [0.15, 0.2) is 0 Å². The number of hydrogen-bond acceptors (Lipinski definition) is 1. The van der Waals surface area contributed by atoms with Gasteiger partial charge in [-0.05, 0) is 73.5 Å². The zero-order chi connectivity index (χ0) is 16.6. The molecule has 1 N–H and O–H groups in total. The van der Waals surface area contributed by atoms with E-state index in [2.05, 4.69) is 13.8 Å². The van der Waals surface area contributed by atoms with Gasteiger partial charge in [0.25, 0.3) is 5.92 Å². The SMILES string of the molecule is CC1CC[C@@]2(C)C(CC[C@@H]3[C@H]2CC[C@]2(C)C(O)C(F)(F)C[C@@H]32)C1. The molecule has 132 valence electrons. The van der Waals surface area contributed by atoms with E-state index in [0.717, 1.165) is 31.1 Å². The molecule has 0 spiro atoms. The Balaban J connectivity index is 1.65. The molecule has 4 aliphatic carbocycles. The molecule has 4 fully saturated rings. The summed E-state index contributed by atoms with van der Waals surface area (Å²) in [6, 6.07) is 0. The largest absolute Gasteiger partial charge is 0.386 e. The highest BCUT2D eigenvalue weighted by Crippen LogP contribution is 2.68. The van der Waals surface area contributed by atoms with E-state index < -0.39 is 17.4 Å². The third-order valence-corrected chi connectivity index (χ3v) is 8.88.